The molecule has 1 nitrogen and oxygen atoms in total. The third-order valence-corrected chi connectivity index (χ3v) is 4.68. The van der Waals surface area contributed by atoms with Gasteiger partial charge < -0.3 is 0 Å². The highest BCUT2D eigenvalue weighted by molar-refractivity contribution is 5.77. The molecule has 0 amide bonds. The smallest absolute Gasteiger partial charge is 0.196 e. The second-order valence-electron chi connectivity index (χ2n) is 7.80. The van der Waals surface area contributed by atoms with Crippen LogP contribution in [-0.2, 0) is 6.42 Å². The van der Waals surface area contributed by atoms with Gasteiger partial charge in [0, 0.05) is 6.21 Å². The van der Waals surface area contributed by atoms with Gasteiger partial charge in [-0.2, -0.15) is 0 Å². The van der Waals surface area contributed by atoms with Crippen LogP contribution in [0.15, 0.2) is 46.5 Å². The Morgan fingerprint density at radius 2 is 1.70 bits per heavy atom. The van der Waals surface area contributed by atoms with Crippen LogP contribution in [0.1, 0.15) is 51.7 Å². The number of halogens is 5. The number of allylic oxidation sites excluding steroid dienone is 4. The Hall–Kier alpha value is -1.98. The molecule has 0 aliphatic heterocycles. The number of alkyl halides is 1. The Balaban J connectivity index is 2.57. The van der Waals surface area contributed by atoms with E-state index in [4.69, 9.17) is 0 Å². The summed E-state index contributed by atoms with van der Waals surface area (Å²) in [4.78, 5) is 4.25. The molecule has 1 aromatic rings. The van der Waals surface area contributed by atoms with E-state index in [1.54, 1.807) is 0 Å². The summed E-state index contributed by atoms with van der Waals surface area (Å²) in [5.41, 5.74) is -0.109. The van der Waals surface area contributed by atoms with E-state index in [0.717, 1.165) is 24.3 Å². The van der Waals surface area contributed by atoms with Crippen LogP contribution in [0.2, 0.25) is 0 Å². The maximum Gasteiger partial charge on any atom is 0.196 e. The first kappa shape index (κ1) is 21.3. The van der Waals surface area contributed by atoms with Crippen LogP contribution in [-0.4, -0.2) is 12.4 Å². The Labute approximate surface area is 156 Å². The SMILES string of the molecule is CC(C)Cc1cccc(C(C)C)c1N=CC1(C)C(F)=C(F)C(F)=C(F)C1F. The third kappa shape index (κ3) is 3.99. The monoisotopic (exact) mass is 385 g/mol. The molecule has 0 bridgehead atoms. The Bertz CT molecular complexity index is 807. The second-order valence-corrected chi connectivity index (χ2v) is 7.80. The predicted octanol–water partition coefficient (Wildman–Crippen LogP) is 7.37. The highest BCUT2D eigenvalue weighted by Crippen LogP contribution is 2.47. The molecule has 0 saturated carbocycles. The minimum atomic E-state index is -2.69. The van der Waals surface area contributed by atoms with Crippen molar-refractivity contribution in [1.29, 1.82) is 0 Å². The van der Waals surface area contributed by atoms with E-state index < -0.39 is 34.9 Å². The molecule has 0 N–H and O–H groups in total. The van der Waals surface area contributed by atoms with Gasteiger partial charge in [-0.3, -0.25) is 4.99 Å². The zero-order valence-electron chi connectivity index (χ0n) is 16.1. The lowest BCUT2D eigenvalue weighted by Crippen LogP contribution is -2.35. The molecule has 27 heavy (non-hydrogen) atoms. The normalized spacial score (nSPS) is 24.1. The lowest BCUT2D eigenvalue weighted by Gasteiger charge is -2.30. The van der Waals surface area contributed by atoms with Crippen LogP contribution in [0.5, 0.6) is 0 Å². The number of hydrogen-bond donors (Lipinski definition) is 0. The first-order chi connectivity index (χ1) is 12.5. The highest BCUT2D eigenvalue weighted by atomic mass is 19.2. The summed E-state index contributed by atoms with van der Waals surface area (Å²) >= 11 is 0. The van der Waals surface area contributed by atoms with Crippen molar-refractivity contribution >= 4 is 11.9 Å². The summed E-state index contributed by atoms with van der Waals surface area (Å²) < 4.78 is 69.4. The van der Waals surface area contributed by atoms with Gasteiger partial charge in [0.2, 0.25) is 0 Å². The maximum atomic E-state index is 14.4. The quantitative estimate of drug-likeness (QED) is 0.371. The van der Waals surface area contributed by atoms with Gasteiger partial charge in [0.15, 0.2) is 29.5 Å². The summed E-state index contributed by atoms with van der Waals surface area (Å²) in [7, 11) is 0. The summed E-state index contributed by atoms with van der Waals surface area (Å²) in [5, 5.41) is 0. The van der Waals surface area contributed by atoms with Crippen molar-refractivity contribution in [2.75, 3.05) is 0 Å². The minimum Gasteiger partial charge on any atom is -0.260 e. The van der Waals surface area contributed by atoms with E-state index >= 15 is 0 Å². The zero-order valence-corrected chi connectivity index (χ0v) is 16.1. The van der Waals surface area contributed by atoms with Crippen molar-refractivity contribution < 1.29 is 22.0 Å². The highest BCUT2D eigenvalue weighted by Gasteiger charge is 2.49. The molecule has 2 atom stereocenters. The van der Waals surface area contributed by atoms with E-state index in [2.05, 4.69) is 4.99 Å². The molecule has 1 aliphatic carbocycles. The van der Waals surface area contributed by atoms with Gasteiger partial charge in [-0.15, -0.1) is 0 Å². The van der Waals surface area contributed by atoms with Gasteiger partial charge in [0.25, 0.3) is 0 Å². The summed E-state index contributed by atoms with van der Waals surface area (Å²) in [6, 6.07) is 5.59. The fourth-order valence-electron chi connectivity index (χ4n) is 3.08. The molecule has 1 aliphatic rings. The van der Waals surface area contributed by atoms with Crippen LogP contribution in [0.25, 0.3) is 0 Å². The first-order valence-corrected chi connectivity index (χ1v) is 8.93. The van der Waals surface area contributed by atoms with Crippen molar-refractivity contribution in [1.82, 2.24) is 0 Å². The second kappa shape index (κ2) is 7.95. The van der Waals surface area contributed by atoms with Gasteiger partial charge in [-0.1, -0.05) is 45.9 Å². The van der Waals surface area contributed by atoms with Crippen LogP contribution in [0.4, 0.5) is 27.6 Å². The molecule has 0 fully saturated rings. The van der Waals surface area contributed by atoms with Crippen molar-refractivity contribution in [2.24, 2.45) is 16.3 Å². The van der Waals surface area contributed by atoms with E-state index in [1.165, 1.54) is 0 Å². The van der Waals surface area contributed by atoms with Gasteiger partial charge >= 0.3 is 0 Å². The van der Waals surface area contributed by atoms with Crippen LogP contribution in [0.3, 0.4) is 0 Å². The summed E-state index contributed by atoms with van der Waals surface area (Å²) in [5.74, 6) is -7.42. The molecule has 0 saturated heterocycles. The zero-order chi connectivity index (χ0) is 20.5. The van der Waals surface area contributed by atoms with Crippen LogP contribution < -0.4 is 0 Å². The number of benzene rings is 1. The molecule has 0 aromatic heterocycles. The van der Waals surface area contributed by atoms with E-state index in [9.17, 15) is 22.0 Å². The van der Waals surface area contributed by atoms with Gasteiger partial charge in [-0.05, 0) is 36.3 Å². The van der Waals surface area contributed by atoms with Gasteiger partial charge in [-0.25, -0.2) is 22.0 Å². The number of aliphatic imine (C=N–C) groups is 1. The van der Waals surface area contributed by atoms with E-state index in [1.807, 2.05) is 45.9 Å². The minimum absolute atomic E-state index is 0.0794. The molecule has 0 heterocycles. The fraction of sp³-hybridized carbons (Fsp3) is 0.476. The average molecular weight is 385 g/mol. The molecule has 148 valence electrons. The maximum absolute atomic E-state index is 14.4. The molecule has 2 unspecified atom stereocenters. The molecular formula is C21H24F5N. The van der Waals surface area contributed by atoms with Crippen molar-refractivity contribution in [3.8, 4) is 0 Å². The lowest BCUT2D eigenvalue weighted by molar-refractivity contribution is 0.180. The van der Waals surface area contributed by atoms with Gasteiger partial charge in [0.05, 0.1) is 11.1 Å². The topological polar surface area (TPSA) is 12.4 Å². The molecular weight excluding hydrogens is 361 g/mol. The largest absolute Gasteiger partial charge is 0.260 e. The van der Waals surface area contributed by atoms with Crippen LogP contribution >= 0.6 is 0 Å². The molecule has 6 heteroatoms. The van der Waals surface area contributed by atoms with E-state index in [-0.39, 0.29) is 5.92 Å². The van der Waals surface area contributed by atoms with Crippen molar-refractivity contribution in [3.63, 3.8) is 0 Å². The molecule has 2 rings (SSSR count). The number of para-hydroxylation sites is 1. The average Bonchev–Trinajstić information content (AvgIpc) is 2.61. The Morgan fingerprint density at radius 1 is 1.07 bits per heavy atom. The number of hydrogen-bond acceptors (Lipinski definition) is 1. The van der Waals surface area contributed by atoms with Crippen LogP contribution in [0, 0.1) is 11.3 Å². The first-order valence-electron chi connectivity index (χ1n) is 8.93. The lowest BCUT2D eigenvalue weighted by atomic mass is 9.80. The third-order valence-electron chi connectivity index (χ3n) is 4.68. The fourth-order valence-corrected chi connectivity index (χ4v) is 3.08. The van der Waals surface area contributed by atoms with E-state index in [0.29, 0.717) is 18.0 Å². The molecule has 0 radical (unpaired) electrons. The predicted molar refractivity (Wildman–Crippen MR) is 98.7 cm³/mol. The summed E-state index contributed by atoms with van der Waals surface area (Å²) in [6.45, 7) is 8.91. The number of rotatable bonds is 5. The van der Waals surface area contributed by atoms with Gasteiger partial charge in [0.1, 0.15) is 0 Å². The number of nitrogens with zero attached hydrogens (tertiary/aromatic N) is 1. The van der Waals surface area contributed by atoms with Crippen molar-refractivity contribution in [3.05, 3.63) is 52.6 Å². The Kier molecular flexibility index (Phi) is 6.28. The van der Waals surface area contributed by atoms with Crippen molar-refractivity contribution in [2.45, 2.75) is 53.1 Å². The molecule has 1 aromatic carbocycles. The Morgan fingerprint density at radius 3 is 2.26 bits per heavy atom. The molecule has 0 spiro atoms. The standard InChI is InChI=1S/C21H24F5N/c1-11(2)9-13-7-6-8-14(12(3)4)18(13)27-10-21(5)19(25)16(23)15(22)17(24)20(21)26/h6-8,10-12,19H,9H2,1-5H3. The summed E-state index contributed by atoms with van der Waals surface area (Å²) in [6.07, 6.45) is -1.16.